The second kappa shape index (κ2) is 5.67. The number of nitro groups is 1. The molecule has 0 saturated carbocycles. The van der Waals surface area contributed by atoms with Gasteiger partial charge in [-0.05, 0) is 48.2 Å². The van der Waals surface area contributed by atoms with E-state index in [1.165, 1.54) is 11.1 Å². The van der Waals surface area contributed by atoms with E-state index in [4.69, 9.17) is 4.74 Å². The fourth-order valence-corrected chi connectivity index (χ4v) is 2.91. The van der Waals surface area contributed by atoms with Gasteiger partial charge in [0, 0.05) is 19.2 Å². The number of benzene rings is 2. The third kappa shape index (κ3) is 2.62. The average molecular weight is 298 g/mol. The van der Waals surface area contributed by atoms with Gasteiger partial charge in [0.25, 0.3) is 5.69 Å². The number of methoxy groups -OCH3 is 1. The van der Waals surface area contributed by atoms with Crippen LogP contribution in [-0.2, 0) is 13.0 Å². The van der Waals surface area contributed by atoms with Gasteiger partial charge in [0.15, 0.2) is 0 Å². The Morgan fingerprint density at radius 2 is 2.00 bits per heavy atom. The lowest BCUT2D eigenvalue weighted by Crippen LogP contribution is -2.30. The first-order valence-corrected chi connectivity index (χ1v) is 7.24. The lowest BCUT2D eigenvalue weighted by molar-refractivity contribution is -0.384. The Hall–Kier alpha value is -2.56. The Bertz CT molecular complexity index is 728. The lowest BCUT2D eigenvalue weighted by Gasteiger charge is -2.30. The number of nitrogens with zero attached hydrogens (tertiary/aromatic N) is 2. The number of nitro benzene ring substituents is 1. The predicted molar refractivity (Wildman–Crippen MR) is 85.6 cm³/mol. The summed E-state index contributed by atoms with van der Waals surface area (Å²) in [5, 5.41) is 11.3. The van der Waals surface area contributed by atoms with Crippen molar-refractivity contribution in [3.63, 3.8) is 0 Å². The molecule has 3 rings (SSSR count). The molecule has 1 aliphatic heterocycles. The van der Waals surface area contributed by atoms with Crippen LogP contribution in [0.5, 0.6) is 5.75 Å². The monoisotopic (exact) mass is 298 g/mol. The first kappa shape index (κ1) is 14.4. The minimum atomic E-state index is -0.300. The van der Waals surface area contributed by atoms with Gasteiger partial charge in [-0.1, -0.05) is 12.1 Å². The topological polar surface area (TPSA) is 55.6 Å². The van der Waals surface area contributed by atoms with Crippen LogP contribution in [0.2, 0.25) is 0 Å². The Morgan fingerprint density at radius 1 is 1.18 bits per heavy atom. The summed E-state index contributed by atoms with van der Waals surface area (Å²) < 4.78 is 5.25. The van der Waals surface area contributed by atoms with Gasteiger partial charge in [-0.15, -0.1) is 0 Å². The van der Waals surface area contributed by atoms with Crippen LogP contribution >= 0.6 is 0 Å². The molecule has 1 heterocycles. The van der Waals surface area contributed by atoms with E-state index in [0.717, 1.165) is 24.3 Å². The third-order valence-electron chi connectivity index (χ3n) is 4.09. The van der Waals surface area contributed by atoms with E-state index in [2.05, 4.69) is 11.0 Å². The number of aryl methyl sites for hydroxylation is 1. The maximum Gasteiger partial charge on any atom is 0.292 e. The van der Waals surface area contributed by atoms with E-state index in [9.17, 15) is 10.1 Å². The normalized spacial score (nSPS) is 13.6. The molecule has 0 amide bonds. The summed E-state index contributed by atoms with van der Waals surface area (Å²) in [6.45, 7) is 3.32. The molecule has 0 saturated heterocycles. The quantitative estimate of drug-likeness (QED) is 0.643. The van der Waals surface area contributed by atoms with E-state index in [-0.39, 0.29) is 10.6 Å². The van der Waals surface area contributed by atoms with Crippen molar-refractivity contribution in [2.75, 3.05) is 18.6 Å². The summed E-state index contributed by atoms with van der Waals surface area (Å²) in [6, 6.07) is 11.4. The van der Waals surface area contributed by atoms with Gasteiger partial charge in [-0.2, -0.15) is 0 Å². The molecule has 2 aromatic rings. The average Bonchev–Trinajstić information content (AvgIpc) is 2.53. The zero-order valence-electron chi connectivity index (χ0n) is 12.7. The first-order chi connectivity index (χ1) is 10.6. The van der Waals surface area contributed by atoms with Crippen LogP contribution in [0.25, 0.3) is 0 Å². The summed E-state index contributed by atoms with van der Waals surface area (Å²) >= 11 is 0. The summed E-state index contributed by atoms with van der Waals surface area (Å²) in [6.07, 6.45) is 0.859. The minimum Gasteiger partial charge on any atom is -0.497 e. The highest BCUT2D eigenvalue weighted by Crippen LogP contribution is 2.33. The van der Waals surface area contributed by atoms with Crippen molar-refractivity contribution in [2.24, 2.45) is 0 Å². The van der Waals surface area contributed by atoms with Crippen molar-refractivity contribution in [2.45, 2.75) is 19.9 Å². The number of rotatable bonds is 3. The highest BCUT2D eigenvalue weighted by molar-refractivity contribution is 5.65. The van der Waals surface area contributed by atoms with Crippen molar-refractivity contribution in [1.82, 2.24) is 0 Å². The van der Waals surface area contributed by atoms with Crippen molar-refractivity contribution < 1.29 is 9.66 Å². The number of anilines is 1. The molecular weight excluding hydrogens is 280 g/mol. The summed E-state index contributed by atoms with van der Waals surface area (Å²) in [5.74, 6) is 0.855. The standard InChI is InChI=1S/C17H18N2O3/c1-12-3-6-16(17(9-12)19(20)21)18-8-7-13-10-15(22-2)5-4-14(13)11-18/h3-6,9-10H,7-8,11H2,1-2H3. The molecule has 5 heteroatoms. The molecule has 0 N–H and O–H groups in total. The van der Waals surface area contributed by atoms with Gasteiger partial charge in [-0.25, -0.2) is 0 Å². The second-order valence-electron chi connectivity index (χ2n) is 5.56. The molecular formula is C17H18N2O3. The van der Waals surface area contributed by atoms with Crippen molar-refractivity contribution in [3.8, 4) is 5.75 Å². The van der Waals surface area contributed by atoms with E-state index < -0.39 is 0 Å². The number of hydrogen-bond acceptors (Lipinski definition) is 4. The van der Waals surface area contributed by atoms with Gasteiger partial charge < -0.3 is 9.64 Å². The van der Waals surface area contributed by atoms with Crippen LogP contribution < -0.4 is 9.64 Å². The van der Waals surface area contributed by atoms with E-state index in [1.54, 1.807) is 13.2 Å². The SMILES string of the molecule is COc1ccc2c(c1)CCN(c1ccc(C)cc1[N+](=O)[O-])C2. The second-order valence-corrected chi connectivity index (χ2v) is 5.56. The number of ether oxygens (including phenoxy) is 1. The van der Waals surface area contributed by atoms with E-state index >= 15 is 0 Å². The Kier molecular flexibility index (Phi) is 3.71. The van der Waals surface area contributed by atoms with Crippen molar-refractivity contribution in [3.05, 3.63) is 63.2 Å². The molecule has 0 spiro atoms. The smallest absolute Gasteiger partial charge is 0.292 e. The molecule has 0 fully saturated rings. The largest absolute Gasteiger partial charge is 0.497 e. The summed E-state index contributed by atoms with van der Waals surface area (Å²) in [5.41, 5.74) is 4.22. The molecule has 0 aliphatic carbocycles. The highest BCUT2D eigenvalue weighted by atomic mass is 16.6. The predicted octanol–water partition coefficient (Wildman–Crippen LogP) is 3.47. The zero-order chi connectivity index (χ0) is 15.7. The fraction of sp³-hybridized carbons (Fsp3) is 0.294. The molecule has 0 aromatic heterocycles. The maximum atomic E-state index is 11.3. The molecule has 0 bridgehead atoms. The Balaban J connectivity index is 1.93. The number of hydrogen-bond donors (Lipinski definition) is 0. The van der Waals surface area contributed by atoms with Crippen LogP contribution in [0.15, 0.2) is 36.4 Å². The van der Waals surface area contributed by atoms with Gasteiger partial charge in [0.2, 0.25) is 0 Å². The molecule has 0 radical (unpaired) electrons. The van der Waals surface area contributed by atoms with Gasteiger partial charge in [0.1, 0.15) is 11.4 Å². The van der Waals surface area contributed by atoms with Crippen LogP contribution in [0, 0.1) is 17.0 Å². The van der Waals surface area contributed by atoms with Crippen molar-refractivity contribution in [1.29, 1.82) is 0 Å². The molecule has 22 heavy (non-hydrogen) atoms. The number of fused-ring (bicyclic) bond motifs is 1. The van der Waals surface area contributed by atoms with Gasteiger partial charge >= 0.3 is 0 Å². The van der Waals surface area contributed by atoms with E-state index in [0.29, 0.717) is 12.2 Å². The van der Waals surface area contributed by atoms with Crippen molar-refractivity contribution >= 4 is 11.4 Å². The zero-order valence-corrected chi connectivity index (χ0v) is 12.7. The molecule has 1 aliphatic rings. The van der Waals surface area contributed by atoms with E-state index in [1.807, 2.05) is 31.2 Å². The Labute approximate surface area is 129 Å². The minimum absolute atomic E-state index is 0.178. The lowest BCUT2D eigenvalue weighted by atomic mass is 9.98. The maximum absolute atomic E-state index is 11.3. The molecule has 0 unspecified atom stereocenters. The first-order valence-electron chi connectivity index (χ1n) is 7.24. The fourth-order valence-electron chi connectivity index (χ4n) is 2.91. The van der Waals surface area contributed by atoms with Crippen LogP contribution in [0.4, 0.5) is 11.4 Å². The summed E-state index contributed by atoms with van der Waals surface area (Å²) in [7, 11) is 1.66. The molecule has 0 atom stereocenters. The van der Waals surface area contributed by atoms with Crippen LogP contribution in [0.3, 0.4) is 0 Å². The highest BCUT2D eigenvalue weighted by Gasteiger charge is 2.23. The summed E-state index contributed by atoms with van der Waals surface area (Å²) in [4.78, 5) is 13.1. The van der Waals surface area contributed by atoms with Gasteiger partial charge in [-0.3, -0.25) is 10.1 Å². The Morgan fingerprint density at radius 3 is 2.73 bits per heavy atom. The molecule has 114 valence electrons. The molecule has 5 nitrogen and oxygen atoms in total. The third-order valence-corrected chi connectivity index (χ3v) is 4.09. The van der Waals surface area contributed by atoms with Gasteiger partial charge in [0.05, 0.1) is 12.0 Å². The van der Waals surface area contributed by atoms with Crippen LogP contribution in [-0.4, -0.2) is 18.6 Å². The van der Waals surface area contributed by atoms with Crippen LogP contribution in [0.1, 0.15) is 16.7 Å². The molecule has 2 aromatic carbocycles.